The molecule has 0 aliphatic heterocycles. The second-order valence-electron chi connectivity index (χ2n) is 7.06. The fourth-order valence-corrected chi connectivity index (χ4v) is 4.13. The Morgan fingerprint density at radius 2 is 1.97 bits per heavy atom. The number of alkyl halides is 3. The normalized spacial score (nSPS) is 14.9. The van der Waals surface area contributed by atoms with Crippen molar-refractivity contribution in [2.24, 2.45) is 0 Å². The quantitative estimate of drug-likeness (QED) is 0.554. The summed E-state index contributed by atoms with van der Waals surface area (Å²) in [5, 5.41) is 8.75. The molecule has 0 saturated carbocycles. The van der Waals surface area contributed by atoms with Crippen molar-refractivity contribution in [3.63, 3.8) is 0 Å². The summed E-state index contributed by atoms with van der Waals surface area (Å²) in [7, 11) is 0. The first-order valence-corrected chi connectivity index (χ1v) is 10.3. The Morgan fingerprint density at radius 1 is 1.21 bits per heavy atom. The van der Waals surface area contributed by atoms with Gasteiger partial charge in [-0.15, -0.1) is 11.3 Å². The maximum absolute atomic E-state index is 13.4. The predicted octanol–water partition coefficient (Wildman–Crippen LogP) is 5.67. The highest BCUT2D eigenvalue weighted by atomic mass is 32.1. The van der Waals surface area contributed by atoms with Crippen LogP contribution in [-0.4, -0.2) is 22.7 Å². The minimum absolute atomic E-state index is 0.0324. The first-order chi connectivity index (χ1) is 13.8. The van der Waals surface area contributed by atoms with E-state index in [9.17, 15) is 18.0 Å². The summed E-state index contributed by atoms with van der Waals surface area (Å²) in [6, 6.07) is 3.77. The van der Waals surface area contributed by atoms with E-state index >= 15 is 0 Å². The van der Waals surface area contributed by atoms with Gasteiger partial charge in [-0.1, -0.05) is 11.6 Å². The highest BCUT2D eigenvalue weighted by molar-refractivity contribution is 7.09. The average Bonchev–Trinajstić information content (AvgIpc) is 3.18. The number of rotatable bonds is 8. The molecular weight excluding hydrogens is 403 g/mol. The van der Waals surface area contributed by atoms with Gasteiger partial charge in [-0.3, -0.25) is 9.78 Å². The molecule has 0 radical (unpaired) electrons. The molecule has 0 bridgehead atoms. The second kappa shape index (κ2) is 9.43. The van der Waals surface area contributed by atoms with Gasteiger partial charge < -0.3 is 9.84 Å². The van der Waals surface area contributed by atoms with Gasteiger partial charge in [0.2, 0.25) is 0 Å². The van der Waals surface area contributed by atoms with Crippen LogP contribution >= 0.6 is 11.3 Å². The lowest BCUT2D eigenvalue weighted by atomic mass is 9.90. The molecule has 0 amide bonds. The largest absolute Gasteiger partial charge is 0.489 e. The number of aryl methyl sites for hydroxylation is 1. The van der Waals surface area contributed by atoms with Crippen LogP contribution in [0.15, 0.2) is 41.1 Å². The second-order valence-corrected chi connectivity index (χ2v) is 8.03. The number of allylic oxidation sites excluding steroid dienone is 1. The molecule has 2 aromatic rings. The summed E-state index contributed by atoms with van der Waals surface area (Å²) >= 11 is 1.59. The van der Waals surface area contributed by atoms with Crippen molar-refractivity contribution >= 4 is 17.3 Å². The van der Waals surface area contributed by atoms with Crippen LogP contribution < -0.4 is 4.74 Å². The third-order valence-electron chi connectivity index (χ3n) is 4.99. The zero-order valence-electron chi connectivity index (χ0n) is 15.8. The van der Waals surface area contributed by atoms with E-state index in [1.807, 2.05) is 6.20 Å². The fraction of sp³-hybridized carbons (Fsp3) is 0.429. The Balaban J connectivity index is 1.75. The Kier molecular flexibility index (Phi) is 6.95. The molecule has 1 heterocycles. The Morgan fingerprint density at radius 3 is 2.62 bits per heavy atom. The summed E-state index contributed by atoms with van der Waals surface area (Å²) < 4.78 is 45.9. The van der Waals surface area contributed by atoms with E-state index in [1.54, 1.807) is 16.8 Å². The number of aliphatic carboxylic acids is 1. The van der Waals surface area contributed by atoms with E-state index in [0.29, 0.717) is 0 Å². The third kappa shape index (κ3) is 6.06. The molecule has 8 heteroatoms. The molecule has 4 nitrogen and oxygen atoms in total. The van der Waals surface area contributed by atoms with Crippen LogP contribution in [-0.2, 0) is 23.8 Å². The highest BCUT2D eigenvalue weighted by Gasteiger charge is 2.33. The molecule has 0 unspecified atom stereocenters. The zero-order chi connectivity index (χ0) is 20.9. The van der Waals surface area contributed by atoms with Crippen LogP contribution in [0.1, 0.15) is 48.1 Å². The fourth-order valence-electron chi connectivity index (χ4n) is 3.50. The van der Waals surface area contributed by atoms with Crippen molar-refractivity contribution in [2.75, 3.05) is 6.61 Å². The maximum atomic E-state index is 13.4. The van der Waals surface area contributed by atoms with E-state index in [2.05, 4.69) is 4.98 Å². The number of aromatic nitrogens is 1. The number of carbonyl (C=O) groups is 1. The average molecular weight is 425 g/mol. The molecule has 1 aromatic heterocycles. The minimum atomic E-state index is -4.56. The summed E-state index contributed by atoms with van der Waals surface area (Å²) in [5.74, 6) is -0.984. The number of benzene rings is 1. The number of hydrogen-bond donors (Lipinski definition) is 1. The number of halogens is 3. The van der Waals surface area contributed by atoms with Gasteiger partial charge >= 0.3 is 12.1 Å². The van der Waals surface area contributed by atoms with Crippen molar-refractivity contribution in [3.8, 4) is 5.75 Å². The van der Waals surface area contributed by atoms with Gasteiger partial charge in [0.05, 0.1) is 11.1 Å². The predicted molar refractivity (Wildman–Crippen MR) is 104 cm³/mol. The molecule has 1 N–H and O–H groups in total. The molecule has 1 aliphatic rings. The van der Waals surface area contributed by atoms with E-state index < -0.39 is 17.7 Å². The third-order valence-corrected chi connectivity index (χ3v) is 5.77. The first-order valence-electron chi connectivity index (χ1n) is 9.45. The van der Waals surface area contributed by atoms with Gasteiger partial charge in [0.25, 0.3) is 0 Å². The number of ether oxygens (including phenoxy) is 1. The molecule has 0 saturated heterocycles. The van der Waals surface area contributed by atoms with Crippen molar-refractivity contribution in [3.05, 3.63) is 57.1 Å². The molecule has 0 atom stereocenters. The standard InChI is InChI=1S/C21H22F3NO3S/c22-21(23,24)19-10-17(7-5-14(19)6-8-20(26)27)28-12-16-4-2-1-3-15(16)9-18-11-25-13-29-18/h5,7,10-11,13H,1-4,6,8-9,12H2,(H,26,27). The van der Waals surface area contributed by atoms with E-state index in [1.165, 1.54) is 22.6 Å². The van der Waals surface area contributed by atoms with Gasteiger partial charge in [-0.25, -0.2) is 0 Å². The zero-order valence-corrected chi connectivity index (χ0v) is 16.6. The van der Waals surface area contributed by atoms with E-state index in [-0.39, 0.29) is 30.8 Å². The van der Waals surface area contributed by atoms with Gasteiger partial charge in [-0.05, 0) is 55.4 Å². The van der Waals surface area contributed by atoms with Crippen LogP contribution in [0.4, 0.5) is 13.2 Å². The monoisotopic (exact) mass is 425 g/mol. The number of carboxylic acids is 1. The summed E-state index contributed by atoms with van der Waals surface area (Å²) in [5.41, 5.74) is 3.36. The van der Waals surface area contributed by atoms with Crippen LogP contribution in [0.25, 0.3) is 0 Å². The van der Waals surface area contributed by atoms with Gasteiger partial charge in [0.1, 0.15) is 12.4 Å². The number of thiazole rings is 1. The van der Waals surface area contributed by atoms with Crippen LogP contribution in [0, 0.1) is 0 Å². The Hall–Kier alpha value is -2.35. The Labute approximate surface area is 171 Å². The SMILES string of the molecule is O=C(O)CCc1ccc(OCC2=C(Cc3cncs3)CCCC2)cc1C(F)(F)F. The first kappa shape index (κ1) is 21.4. The van der Waals surface area contributed by atoms with Crippen molar-refractivity contribution in [1.82, 2.24) is 4.98 Å². The van der Waals surface area contributed by atoms with Gasteiger partial charge in [0, 0.05) is 23.9 Å². The lowest BCUT2D eigenvalue weighted by molar-refractivity contribution is -0.140. The molecule has 29 heavy (non-hydrogen) atoms. The van der Waals surface area contributed by atoms with E-state index in [0.717, 1.165) is 43.7 Å². The lowest BCUT2D eigenvalue weighted by Gasteiger charge is -2.21. The molecule has 3 rings (SSSR count). The summed E-state index contributed by atoms with van der Waals surface area (Å²) in [4.78, 5) is 16.0. The number of carboxylic acid groups (broad SMARTS) is 1. The molecule has 0 fully saturated rings. The maximum Gasteiger partial charge on any atom is 0.416 e. The Bertz CT molecular complexity index is 876. The van der Waals surface area contributed by atoms with E-state index in [4.69, 9.17) is 9.84 Å². The van der Waals surface area contributed by atoms with Gasteiger partial charge in [0.15, 0.2) is 0 Å². The summed E-state index contributed by atoms with van der Waals surface area (Å²) in [6.45, 7) is 0.264. The molecule has 0 spiro atoms. The lowest BCUT2D eigenvalue weighted by Crippen LogP contribution is -2.13. The summed E-state index contributed by atoms with van der Waals surface area (Å²) in [6.07, 6.45) is 1.58. The van der Waals surface area contributed by atoms with Crippen molar-refractivity contribution < 1.29 is 27.8 Å². The van der Waals surface area contributed by atoms with Crippen molar-refractivity contribution in [2.45, 2.75) is 51.1 Å². The van der Waals surface area contributed by atoms with Crippen LogP contribution in [0.2, 0.25) is 0 Å². The number of nitrogens with zero attached hydrogens (tertiary/aromatic N) is 1. The molecule has 156 valence electrons. The number of hydrogen-bond acceptors (Lipinski definition) is 4. The minimum Gasteiger partial charge on any atom is -0.489 e. The molecular formula is C21H22F3NO3S. The molecule has 1 aliphatic carbocycles. The highest BCUT2D eigenvalue weighted by Crippen LogP contribution is 2.35. The smallest absolute Gasteiger partial charge is 0.416 e. The van der Waals surface area contributed by atoms with Gasteiger partial charge in [-0.2, -0.15) is 13.2 Å². The van der Waals surface area contributed by atoms with Crippen LogP contribution in [0.3, 0.4) is 0 Å². The molecule has 1 aromatic carbocycles. The van der Waals surface area contributed by atoms with Crippen LogP contribution in [0.5, 0.6) is 5.75 Å². The van der Waals surface area contributed by atoms with Crippen molar-refractivity contribution in [1.29, 1.82) is 0 Å². The topological polar surface area (TPSA) is 59.4 Å².